The summed E-state index contributed by atoms with van der Waals surface area (Å²) in [7, 11) is 0.0924. The van der Waals surface area contributed by atoms with Crippen LogP contribution in [0.5, 0.6) is 5.75 Å². The Hall–Kier alpha value is -2.74. The first-order valence-corrected chi connectivity index (χ1v) is 13.0. The van der Waals surface area contributed by atoms with Gasteiger partial charge >= 0.3 is 5.97 Å². The zero-order chi connectivity index (χ0) is 24.2. The maximum Gasteiger partial charge on any atom is 0.306 e. The minimum atomic E-state index is -3.62. The summed E-state index contributed by atoms with van der Waals surface area (Å²) < 4.78 is 33.1. The predicted molar refractivity (Wildman–Crippen MR) is 132 cm³/mol. The molecule has 1 atom stereocenters. The van der Waals surface area contributed by atoms with E-state index in [0.29, 0.717) is 23.7 Å². The zero-order valence-corrected chi connectivity index (χ0v) is 20.7. The van der Waals surface area contributed by atoms with E-state index in [9.17, 15) is 13.2 Å². The minimum absolute atomic E-state index is 0.0361. The lowest BCUT2D eigenvalue weighted by atomic mass is 9.86. The molecular formula is C25H34N2O5S. The highest BCUT2D eigenvalue weighted by Gasteiger charge is 2.40. The normalized spacial score (nSPS) is 19.5. The molecule has 2 aromatic carbocycles. The summed E-state index contributed by atoms with van der Waals surface area (Å²) in [6.45, 7) is 4.71. The van der Waals surface area contributed by atoms with E-state index in [2.05, 4.69) is 18.7 Å². The number of benzene rings is 2. The first-order valence-electron chi connectivity index (χ1n) is 11.3. The zero-order valence-electron chi connectivity index (χ0n) is 19.9. The molecule has 33 heavy (non-hydrogen) atoms. The van der Waals surface area contributed by atoms with E-state index in [1.54, 1.807) is 6.07 Å². The van der Waals surface area contributed by atoms with Crippen molar-refractivity contribution in [2.75, 3.05) is 42.8 Å². The Labute approximate surface area is 196 Å². The second kappa shape index (κ2) is 10.0. The molecule has 3 rings (SSSR count). The molecule has 1 aliphatic heterocycles. The summed E-state index contributed by atoms with van der Waals surface area (Å²) in [4.78, 5) is 15.1. The molecular weight excluding hydrogens is 440 g/mol. The van der Waals surface area contributed by atoms with Gasteiger partial charge in [0.05, 0.1) is 35.1 Å². The van der Waals surface area contributed by atoms with E-state index in [1.807, 2.05) is 55.4 Å². The van der Waals surface area contributed by atoms with Crippen molar-refractivity contribution in [2.24, 2.45) is 5.41 Å². The van der Waals surface area contributed by atoms with Gasteiger partial charge < -0.3 is 19.6 Å². The molecule has 2 aromatic rings. The number of anilines is 3. The van der Waals surface area contributed by atoms with Crippen molar-refractivity contribution in [3.63, 3.8) is 0 Å². The second-order valence-electron chi connectivity index (χ2n) is 9.27. The smallest absolute Gasteiger partial charge is 0.306 e. The number of aliphatic carboxylic acids is 1. The molecule has 0 fully saturated rings. The molecule has 180 valence electrons. The Morgan fingerprint density at radius 3 is 2.52 bits per heavy atom. The number of hydrogen-bond donors (Lipinski definition) is 1. The number of fused-ring (bicyclic) bond motifs is 1. The third-order valence-electron chi connectivity index (χ3n) is 6.00. The van der Waals surface area contributed by atoms with Gasteiger partial charge in [0.15, 0.2) is 9.84 Å². The molecule has 0 saturated carbocycles. The lowest BCUT2D eigenvalue weighted by molar-refractivity contribution is -0.137. The van der Waals surface area contributed by atoms with E-state index in [4.69, 9.17) is 9.84 Å². The van der Waals surface area contributed by atoms with Gasteiger partial charge in [0.2, 0.25) is 0 Å². The van der Waals surface area contributed by atoms with Crippen LogP contribution >= 0.6 is 0 Å². The number of carboxylic acid groups (broad SMARTS) is 1. The Morgan fingerprint density at radius 2 is 1.91 bits per heavy atom. The first-order chi connectivity index (χ1) is 15.6. The van der Waals surface area contributed by atoms with E-state index < -0.39 is 21.2 Å². The van der Waals surface area contributed by atoms with Crippen molar-refractivity contribution in [1.29, 1.82) is 0 Å². The fraction of sp³-hybridized carbons (Fsp3) is 0.480. The van der Waals surface area contributed by atoms with Crippen LogP contribution in [0.4, 0.5) is 17.1 Å². The number of carbonyl (C=O) groups is 1. The van der Waals surface area contributed by atoms with Crippen LogP contribution in [-0.2, 0) is 14.6 Å². The van der Waals surface area contributed by atoms with Gasteiger partial charge in [-0.25, -0.2) is 8.42 Å². The predicted octanol–water partition coefficient (Wildman–Crippen LogP) is 4.73. The minimum Gasteiger partial charge on any atom is -0.491 e. The Morgan fingerprint density at radius 1 is 1.21 bits per heavy atom. The SMILES string of the molecule is CCCC[C@@]1(C)CN(c2ccccc2)c2cc(N(C)C)c(OCCC(=O)O)cc2S(=O)(=O)C1. The molecule has 1 heterocycles. The van der Waals surface area contributed by atoms with Crippen LogP contribution in [0.25, 0.3) is 0 Å². The third-order valence-corrected chi connectivity index (χ3v) is 8.08. The van der Waals surface area contributed by atoms with Crippen molar-refractivity contribution in [3.05, 3.63) is 42.5 Å². The van der Waals surface area contributed by atoms with Gasteiger partial charge in [-0.3, -0.25) is 4.79 Å². The monoisotopic (exact) mass is 474 g/mol. The highest BCUT2D eigenvalue weighted by atomic mass is 32.2. The summed E-state index contributed by atoms with van der Waals surface area (Å²) in [5.74, 6) is -0.550. The molecule has 0 saturated heterocycles. The standard InChI is InChI=1S/C25H34N2O5S/c1-5-6-13-25(2)17-27(19-10-8-7-9-11-19)21-15-20(26(3)4)22(32-14-12-24(28)29)16-23(21)33(30,31)18-25/h7-11,15-16H,5-6,12-14,17-18H2,1-4H3,(H,28,29)/t25-/m0/s1. The Bertz CT molecular complexity index is 1090. The number of nitrogens with zero attached hydrogens (tertiary/aromatic N) is 2. The molecule has 1 N–H and O–H groups in total. The van der Waals surface area contributed by atoms with Crippen molar-refractivity contribution in [2.45, 2.75) is 44.4 Å². The highest BCUT2D eigenvalue weighted by Crippen LogP contribution is 2.46. The lowest BCUT2D eigenvalue weighted by Gasteiger charge is -2.34. The topological polar surface area (TPSA) is 87.2 Å². The van der Waals surface area contributed by atoms with Gasteiger partial charge in [0.25, 0.3) is 0 Å². The molecule has 0 aromatic heterocycles. The van der Waals surface area contributed by atoms with Gasteiger partial charge in [0, 0.05) is 32.4 Å². The number of hydrogen-bond acceptors (Lipinski definition) is 6. The first kappa shape index (κ1) is 24.9. The van der Waals surface area contributed by atoms with E-state index in [1.165, 1.54) is 0 Å². The van der Waals surface area contributed by atoms with E-state index >= 15 is 0 Å². The molecule has 0 amide bonds. The van der Waals surface area contributed by atoms with E-state index in [0.717, 1.165) is 24.9 Å². The number of sulfone groups is 1. The molecule has 0 bridgehead atoms. The lowest BCUT2D eigenvalue weighted by Crippen LogP contribution is -2.35. The van der Waals surface area contributed by atoms with Crippen molar-refractivity contribution >= 4 is 32.9 Å². The van der Waals surface area contributed by atoms with Gasteiger partial charge in [-0.15, -0.1) is 0 Å². The summed E-state index contributed by atoms with van der Waals surface area (Å²) in [6.07, 6.45) is 2.60. The van der Waals surface area contributed by atoms with E-state index in [-0.39, 0.29) is 23.7 Å². The molecule has 0 aliphatic carbocycles. The second-order valence-corrected chi connectivity index (χ2v) is 11.2. The molecule has 0 radical (unpaired) electrons. The maximum absolute atomic E-state index is 13.7. The van der Waals surface area contributed by atoms with Gasteiger partial charge in [-0.05, 0) is 30.0 Å². The molecule has 1 aliphatic rings. The average molecular weight is 475 g/mol. The summed E-state index contributed by atoms with van der Waals surface area (Å²) in [5, 5.41) is 8.98. The van der Waals surface area contributed by atoms with Crippen LogP contribution in [-0.4, -0.2) is 52.5 Å². The Balaban J connectivity index is 2.19. The number of unbranched alkanes of at least 4 members (excludes halogenated alkanes) is 1. The maximum atomic E-state index is 13.7. The van der Waals surface area contributed by atoms with Gasteiger partial charge in [0.1, 0.15) is 5.75 Å². The summed E-state index contributed by atoms with van der Waals surface area (Å²) in [6, 6.07) is 13.3. The van der Waals surface area contributed by atoms with Crippen LogP contribution in [0.2, 0.25) is 0 Å². The average Bonchev–Trinajstić information content (AvgIpc) is 2.84. The third kappa shape index (κ3) is 5.79. The molecule has 7 nitrogen and oxygen atoms in total. The number of ether oxygens (including phenoxy) is 1. The van der Waals surface area contributed by atoms with Crippen molar-refractivity contribution in [3.8, 4) is 5.75 Å². The number of para-hydroxylation sites is 1. The summed E-state index contributed by atoms with van der Waals surface area (Å²) in [5.41, 5.74) is 1.83. The molecule has 8 heteroatoms. The number of carboxylic acids is 1. The largest absolute Gasteiger partial charge is 0.491 e. The van der Waals surface area contributed by atoms with Crippen LogP contribution in [0.1, 0.15) is 39.5 Å². The van der Waals surface area contributed by atoms with Crippen LogP contribution < -0.4 is 14.5 Å². The van der Waals surface area contributed by atoms with Crippen LogP contribution in [0.3, 0.4) is 0 Å². The Kier molecular flexibility index (Phi) is 7.57. The molecule has 0 unspecified atom stereocenters. The quantitative estimate of drug-likeness (QED) is 0.562. The fourth-order valence-electron chi connectivity index (χ4n) is 4.35. The van der Waals surface area contributed by atoms with Crippen LogP contribution in [0, 0.1) is 5.41 Å². The summed E-state index contributed by atoms with van der Waals surface area (Å²) >= 11 is 0. The molecule has 0 spiro atoms. The van der Waals surface area contributed by atoms with Gasteiger partial charge in [-0.2, -0.15) is 0 Å². The van der Waals surface area contributed by atoms with Crippen molar-refractivity contribution in [1.82, 2.24) is 0 Å². The van der Waals surface area contributed by atoms with Gasteiger partial charge in [-0.1, -0.05) is 44.9 Å². The van der Waals surface area contributed by atoms with Crippen molar-refractivity contribution < 1.29 is 23.1 Å². The van der Waals surface area contributed by atoms with Crippen LogP contribution in [0.15, 0.2) is 47.4 Å². The highest BCUT2D eigenvalue weighted by molar-refractivity contribution is 7.91. The number of rotatable bonds is 9. The fourth-order valence-corrected chi connectivity index (χ4v) is 6.44.